The van der Waals surface area contributed by atoms with Gasteiger partial charge >= 0.3 is 0 Å². The van der Waals surface area contributed by atoms with Crippen LogP contribution in [-0.2, 0) is 0 Å². The smallest absolute Gasteiger partial charge is 0.0320 e. The number of rotatable bonds is 5. The van der Waals surface area contributed by atoms with E-state index < -0.39 is 0 Å². The van der Waals surface area contributed by atoms with Gasteiger partial charge in [0.05, 0.1) is 0 Å². The number of hydrogen-bond donors (Lipinski definition) is 0. The van der Waals surface area contributed by atoms with E-state index in [1.54, 1.807) is 10.9 Å². The third kappa shape index (κ3) is 4.23. The van der Waals surface area contributed by atoms with Crippen LogP contribution in [0.5, 0.6) is 0 Å². The predicted molar refractivity (Wildman–Crippen MR) is 109 cm³/mol. The molecule has 2 fully saturated rings. The lowest BCUT2D eigenvalue weighted by atomic mass is 9.99. The lowest BCUT2D eigenvalue weighted by molar-refractivity contribution is 0.322. The summed E-state index contributed by atoms with van der Waals surface area (Å²) in [5.41, 5.74) is 3.60. The second kappa shape index (κ2) is 8.81. The van der Waals surface area contributed by atoms with E-state index in [1.807, 2.05) is 0 Å². The fraction of sp³-hybridized carbons (Fsp3) is 0.727. The lowest BCUT2D eigenvalue weighted by Crippen LogP contribution is -2.30. The van der Waals surface area contributed by atoms with Gasteiger partial charge in [0.15, 0.2) is 0 Å². The predicted octanol–water partition coefficient (Wildman–Crippen LogP) is 6.08. The van der Waals surface area contributed by atoms with E-state index in [0.717, 1.165) is 11.3 Å². The maximum atomic E-state index is 2.50. The molecule has 0 bridgehead atoms. The summed E-state index contributed by atoms with van der Waals surface area (Å²) in [5.74, 6) is 0. The van der Waals surface area contributed by atoms with Gasteiger partial charge in [0.1, 0.15) is 0 Å². The third-order valence-corrected chi connectivity index (χ3v) is 9.95. The van der Waals surface area contributed by atoms with Crippen molar-refractivity contribution in [2.75, 3.05) is 14.1 Å². The standard InChI is InChI=1S/C22H36NP/c1-18(23(2)3)21-16-10-11-17-22(21)24(19-12-6-4-7-13-19)20-14-8-5-9-15-20/h10-11,16-20H,4-9,12-15H2,1-3H3/t18-/m0/s1. The van der Waals surface area contributed by atoms with Crippen molar-refractivity contribution in [3.63, 3.8) is 0 Å². The van der Waals surface area contributed by atoms with Gasteiger partial charge in [-0.2, -0.15) is 0 Å². The quantitative estimate of drug-likeness (QED) is 0.584. The van der Waals surface area contributed by atoms with E-state index in [2.05, 4.69) is 50.2 Å². The van der Waals surface area contributed by atoms with Gasteiger partial charge in [-0.3, -0.25) is 0 Å². The Balaban J connectivity index is 1.95. The molecule has 2 aliphatic rings. The largest absolute Gasteiger partial charge is 0.303 e. The molecular weight excluding hydrogens is 309 g/mol. The normalized spacial score (nSPS) is 22.2. The van der Waals surface area contributed by atoms with Crippen molar-refractivity contribution in [2.24, 2.45) is 0 Å². The second-order valence-electron chi connectivity index (χ2n) is 8.19. The van der Waals surface area contributed by atoms with Gasteiger partial charge in [0.25, 0.3) is 0 Å². The molecule has 0 aromatic heterocycles. The Hall–Kier alpha value is -0.390. The second-order valence-corrected chi connectivity index (χ2v) is 10.9. The van der Waals surface area contributed by atoms with Crippen LogP contribution < -0.4 is 5.30 Å². The van der Waals surface area contributed by atoms with Crippen LogP contribution in [0.4, 0.5) is 0 Å². The SMILES string of the molecule is C[C@@H](c1ccccc1P(C1CCCCC1)C1CCCCC1)N(C)C. The molecule has 2 aliphatic carbocycles. The van der Waals surface area contributed by atoms with Gasteiger partial charge in [0, 0.05) is 6.04 Å². The summed E-state index contributed by atoms with van der Waals surface area (Å²) in [7, 11) is 4.46. The molecule has 0 amide bonds. The van der Waals surface area contributed by atoms with Crippen molar-refractivity contribution < 1.29 is 0 Å². The molecule has 2 heteroatoms. The van der Waals surface area contributed by atoms with Crippen molar-refractivity contribution in [3.05, 3.63) is 29.8 Å². The molecule has 0 N–H and O–H groups in total. The van der Waals surface area contributed by atoms with Crippen LogP contribution in [0, 0.1) is 0 Å². The van der Waals surface area contributed by atoms with Crippen LogP contribution in [0.3, 0.4) is 0 Å². The van der Waals surface area contributed by atoms with Crippen molar-refractivity contribution >= 4 is 13.2 Å². The lowest BCUT2D eigenvalue weighted by Gasteiger charge is -2.40. The maximum Gasteiger partial charge on any atom is 0.0320 e. The van der Waals surface area contributed by atoms with Crippen molar-refractivity contribution in [2.45, 2.75) is 88.5 Å². The van der Waals surface area contributed by atoms with Gasteiger partial charge in [-0.1, -0.05) is 70.7 Å². The van der Waals surface area contributed by atoms with Gasteiger partial charge in [-0.05, 0) is 68.9 Å². The molecule has 134 valence electrons. The summed E-state index contributed by atoms with van der Waals surface area (Å²) in [6.07, 6.45) is 14.8. The Morgan fingerprint density at radius 1 is 0.833 bits per heavy atom. The highest BCUT2D eigenvalue weighted by molar-refractivity contribution is 7.67. The molecule has 1 atom stereocenters. The van der Waals surface area contributed by atoms with Gasteiger partial charge in [0.2, 0.25) is 0 Å². The minimum Gasteiger partial charge on any atom is -0.303 e. The molecule has 0 unspecified atom stereocenters. The first-order valence-electron chi connectivity index (χ1n) is 10.2. The van der Waals surface area contributed by atoms with E-state index in [4.69, 9.17) is 0 Å². The Morgan fingerprint density at radius 2 is 1.33 bits per heavy atom. The Morgan fingerprint density at radius 3 is 1.83 bits per heavy atom. The Labute approximate surface area is 151 Å². The van der Waals surface area contributed by atoms with Crippen molar-refractivity contribution in [1.29, 1.82) is 0 Å². The first-order chi connectivity index (χ1) is 11.7. The van der Waals surface area contributed by atoms with Gasteiger partial charge < -0.3 is 4.90 Å². The van der Waals surface area contributed by atoms with Gasteiger partial charge in [-0.25, -0.2) is 0 Å². The molecular formula is C22H36NP. The zero-order chi connectivity index (χ0) is 16.9. The Kier molecular flexibility index (Phi) is 6.76. The number of nitrogens with zero attached hydrogens (tertiary/aromatic N) is 1. The summed E-state index contributed by atoms with van der Waals surface area (Å²) in [5, 5.41) is 1.76. The van der Waals surface area contributed by atoms with Gasteiger partial charge in [-0.15, -0.1) is 0 Å². The van der Waals surface area contributed by atoms with E-state index in [1.165, 1.54) is 64.2 Å². The first kappa shape index (κ1) is 18.4. The highest BCUT2D eigenvalue weighted by atomic mass is 31.1. The summed E-state index contributed by atoms with van der Waals surface area (Å²) in [6.45, 7) is 2.38. The zero-order valence-electron chi connectivity index (χ0n) is 16.0. The average Bonchev–Trinajstić information content (AvgIpc) is 2.63. The molecule has 0 aliphatic heterocycles. The van der Waals surface area contributed by atoms with Crippen molar-refractivity contribution in [1.82, 2.24) is 4.90 Å². The van der Waals surface area contributed by atoms with E-state index in [0.29, 0.717) is 6.04 Å². The topological polar surface area (TPSA) is 3.24 Å². The van der Waals surface area contributed by atoms with Crippen LogP contribution >= 0.6 is 7.92 Å². The molecule has 0 heterocycles. The molecule has 1 nitrogen and oxygen atoms in total. The molecule has 1 aromatic rings. The summed E-state index contributed by atoms with van der Waals surface area (Å²) in [6, 6.07) is 10.0. The number of hydrogen-bond acceptors (Lipinski definition) is 1. The van der Waals surface area contributed by atoms with E-state index in [9.17, 15) is 0 Å². The van der Waals surface area contributed by atoms with Crippen LogP contribution in [0.1, 0.15) is 82.7 Å². The van der Waals surface area contributed by atoms with E-state index in [-0.39, 0.29) is 7.92 Å². The summed E-state index contributed by atoms with van der Waals surface area (Å²) < 4.78 is 0. The van der Waals surface area contributed by atoms with Crippen LogP contribution in [-0.4, -0.2) is 30.3 Å². The summed E-state index contributed by atoms with van der Waals surface area (Å²) >= 11 is 0. The third-order valence-electron chi connectivity index (χ3n) is 6.38. The maximum absolute atomic E-state index is 2.50. The minimum absolute atomic E-state index is 0.00322. The first-order valence-corrected chi connectivity index (χ1v) is 11.7. The number of benzene rings is 1. The molecule has 1 aromatic carbocycles. The Bertz CT molecular complexity index is 482. The summed E-state index contributed by atoms with van der Waals surface area (Å²) in [4.78, 5) is 2.38. The monoisotopic (exact) mass is 345 g/mol. The van der Waals surface area contributed by atoms with E-state index >= 15 is 0 Å². The fourth-order valence-corrected chi connectivity index (χ4v) is 8.81. The molecule has 3 rings (SSSR count). The van der Waals surface area contributed by atoms with Crippen LogP contribution in [0.25, 0.3) is 0 Å². The highest BCUT2D eigenvalue weighted by Crippen LogP contribution is 2.55. The molecule has 2 saturated carbocycles. The molecule has 0 radical (unpaired) electrons. The minimum atomic E-state index is 0.00322. The molecule has 0 spiro atoms. The average molecular weight is 346 g/mol. The molecule has 24 heavy (non-hydrogen) atoms. The molecule has 0 saturated heterocycles. The highest BCUT2D eigenvalue weighted by Gasteiger charge is 2.34. The van der Waals surface area contributed by atoms with Crippen LogP contribution in [0.15, 0.2) is 24.3 Å². The fourth-order valence-electron chi connectivity index (χ4n) is 4.76. The zero-order valence-corrected chi connectivity index (χ0v) is 16.9. The van der Waals surface area contributed by atoms with Crippen molar-refractivity contribution in [3.8, 4) is 0 Å². The van der Waals surface area contributed by atoms with Crippen LogP contribution in [0.2, 0.25) is 0 Å².